The Balaban J connectivity index is 1.99. The number of hydrogen-bond acceptors (Lipinski definition) is 2. The summed E-state index contributed by atoms with van der Waals surface area (Å²) in [5, 5.41) is 3.33. The van der Waals surface area contributed by atoms with Crippen LogP contribution in [0.2, 0.25) is 18.1 Å². The molecule has 0 radical (unpaired) electrons. The van der Waals surface area contributed by atoms with Crippen molar-refractivity contribution in [3.63, 3.8) is 0 Å². The van der Waals surface area contributed by atoms with E-state index in [1.807, 2.05) is 0 Å². The van der Waals surface area contributed by atoms with E-state index in [0.717, 1.165) is 32.2 Å². The fraction of sp³-hybridized carbons (Fsp3) is 0.708. The predicted molar refractivity (Wildman–Crippen MR) is 121 cm³/mol. The van der Waals surface area contributed by atoms with Crippen molar-refractivity contribution in [3.8, 4) is 0 Å². The summed E-state index contributed by atoms with van der Waals surface area (Å²) in [6, 6.07) is 10.6. The number of benzene rings is 1. The second-order valence-corrected chi connectivity index (χ2v) is 15.2. The highest BCUT2D eigenvalue weighted by molar-refractivity contribution is 6.74. The Labute approximate surface area is 173 Å². The van der Waals surface area contributed by atoms with Crippen molar-refractivity contribution in [2.24, 2.45) is 17.8 Å². The zero-order valence-electron chi connectivity index (χ0n) is 19.0. The van der Waals surface area contributed by atoms with Crippen LogP contribution in [0.3, 0.4) is 0 Å². The molecular weight excluding hydrogens is 362 g/mol. The van der Waals surface area contributed by atoms with Gasteiger partial charge in [-0.2, -0.15) is 0 Å². The average molecular weight is 404 g/mol. The molecule has 1 aromatic carbocycles. The Morgan fingerprint density at radius 3 is 2.39 bits per heavy atom. The van der Waals surface area contributed by atoms with Gasteiger partial charge >= 0.3 is 0 Å². The minimum absolute atomic E-state index is 0.137. The van der Waals surface area contributed by atoms with E-state index in [1.54, 1.807) is 0 Å². The molecule has 0 aliphatic heterocycles. The fourth-order valence-electron chi connectivity index (χ4n) is 3.41. The molecule has 0 aromatic heterocycles. The normalized spacial score (nSPS) is 20.9. The van der Waals surface area contributed by atoms with E-state index >= 15 is 0 Å². The Bertz CT molecular complexity index is 621. The number of rotatable bonds is 10. The highest BCUT2D eigenvalue weighted by Gasteiger charge is 2.50. The third kappa shape index (κ3) is 6.73. The average Bonchev–Trinajstić information content (AvgIpc) is 3.39. The van der Waals surface area contributed by atoms with E-state index in [2.05, 4.69) is 83.4 Å². The lowest BCUT2D eigenvalue weighted by Crippen LogP contribution is -2.45. The molecule has 1 amide bonds. The fourth-order valence-corrected chi connectivity index (χ4v) is 4.81. The zero-order valence-corrected chi connectivity index (χ0v) is 20.0. The van der Waals surface area contributed by atoms with Gasteiger partial charge in [0.1, 0.15) is 0 Å². The number of hydrogen-bond donors (Lipinski definition) is 1. The summed E-state index contributed by atoms with van der Waals surface area (Å²) in [4.78, 5) is 12.6. The summed E-state index contributed by atoms with van der Waals surface area (Å²) in [7, 11) is -1.87. The minimum atomic E-state index is -1.87. The summed E-state index contributed by atoms with van der Waals surface area (Å²) in [6.07, 6.45) is 4.21. The van der Waals surface area contributed by atoms with E-state index in [9.17, 15) is 4.79 Å². The monoisotopic (exact) mass is 403 g/mol. The number of carbonyl (C=O) groups is 1. The molecule has 3 nitrogen and oxygen atoms in total. The first-order valence-corrected chi connectivity index (χ1v) is 13.9. The van der Waals surface area contributed by atoms with Crippen molar-refractivity contribution in [1.82, 2.24) is 5.32 Å². The molecule has 3 unspecified atom stereocenters. The molecule has 1 saturated carbocycles. The predicted octanol–water partition coefficient (Wildman–Crippen LogP) is 5.81. The topological polar surface area (TPSA) is 38.3 Å². The molecule has 158 valence electrons. The summed E-state index contributed by atoms with van der Waals surface area (Å²) in [5.41, 5.74) is 1.35. The van der Waals surface area contributed by atoms with Crippen molar-refractivity contribution in [3.05, 3.63) is 35.9 Å². The second-order valence-electron chi connectivity index (χ2n) is 10.4. The van der Waals surface area contributed by atoms with Gasteiger partial charge in [0.05, 0.1) is 0 Å². The Kier molecular flexibility index (Phi) is 7.92. The van der Waals surface area contributed by atoms with Crippen LogP contribution in [-0.2, 0) is 15.6 Å². The SMILES string of the molecule is CC(C)CCNC(=O)C1CC1C(CCc1ccccc1)O[Si](C)(C)C(C)(C)C. The van der Waals surface area contributed by atoms with Gasteiger partial charge in [-0.15, -0.1) is 0 Å². The van der Waals surface area contributed by atoms with Crippen molar-refractivity contribution in [1.29, 1.82) is 0 Å². The molecule has 1 aliphatic carbocycles. The molecule has 0 heterocycles. The molecule has 0 bridgehead atoms. The van der Waals surface area contributed by atoms with Gasteiger partial charge in [-0.05, 0) is 61.2 Å². The minimum Gasteiger partial charge on any atom is -0.414 e. The molecule has 2 rings (SSSR count). The first kappa shape index (κ1) is 23.1. The molecule has 3 atom stereocenters. The van der Waals surface area contributed by atoms with Gasteiger partial charge in [0.15, 0.2) is 8.32 Å². The van der Waals surface area contributed by atoms with Gasteiger partial charge in [0.25, 0.3) is 0 Å². The zero-order chi connectivity index (χ0) is 20.9. The number of amides is 1. The smallest absolute Gasteiger partial charge is 0.223 e. The largest absolute Gasteiger partial charge is 0.414 e. The molecule has 1 N–H and O–H groups in total. The van der Waals surface area contributed by atoms with Crippen molar-refractivity contribution in [2.75, 3.05) is 6.54 Å². The molecule has 1 fully saturated rings. The molecule has 28 heavy (non-hydrogen) atoms. The molecular formula is C24H41NO2Si. The van der Waals surface area contributed by atoms with E-state index in [1.165, 1.54) is 5.56 Å². The maximum Gasteiger partial charge on any atom is 0.223 e. The lowest BCUT2D eigenvalue weighted by molar-refractivity contribution is -0.123. The lowest BCUT2D eigenvalue weighted by Gasteiger charge is -2.39. The van der Waals surface area contributed by atoms with Gasteiger partial charge in [0, 0.05) is 18.6 Å². The Morgan fingerprint density at radius 2 is 1.82 bits per heavy atom. The highest BCUT2D eigenvalue weighted by Crippen LogP contribution is 2.47. The van der Waals surface area contributed by atoms with Crippen LogP contribution in [0, 0.1) is 17.8 Å². The first-order valence-electron chi connectivity index (χ1n) is 11.0. The van der Waals surface area contributed by atoms with Crippen molar-refractivity contribution >= 4 is 14.2 Å². The molecule has 1 aliphatic rings. The van der Waals surface area contributed by atoms with Crippen LogP contribution in [0.15, 0.2) is 30.3 Å². The van der Waals surface area contributed by atoms with Crippen LogP contribution >= 0.6 is 0 Å². The van der Waals surface area contributed by atoms with Crippen LogP contribution in [-0.4, -0.2) is 26.9 Å². The van der Waals surface area contributed by atoms with Gasteiger partial charge in [-0.3, -0.25) is 4.79 Å². The van der Waals surface area contributed by atoms with E-state index in [4.69, 9.17) is 4.43 Å². The van der Waals surface area contributed by atoms with Gasteiger partial charge in [0.2, 0.25) is 5.91 Å². The summed E-state index contributed by atoms with van der Waals surface area (Å²) >= 11 is 0. The summed E-state index contributed by atoms with van der Waals surface area (Å²) in [5.74, 6) is 1.36. The third-order valence-corrected chi connectivity index (χ3v) is 11.0. The Hall–Kier alpha value is -1.13. The van der Waals surface area contributed by atoms with Gasteiger partial charge < -0.3 is 9.74 Å². The Morgan fingerprint density at radius 1 is 1.18 bits per heavy atom. The third-order valence-electron chi connectivity index (χ3n) is 6.49. The lowest BCUT2D eigenvalue weighted by atomic mass is 10.0. The molecule has 0 spiro atoms. The van der Waals surface area contributed by atoms with Crippen LogP contribution in [0.25, 0.3) is 0 Å². The summed E-state index contributed by atoms with van der Waals surface area (Å²) in [6.45, 7) is 16.7. The number of carbonyl (C=O) groups excluding carboxylic acids is 1. The number of nitrogens with one attached hydrogen (secondary N) is 1. The van der Waals surface area contributed by atoms with Crippen molar-refractivity contribution in [2.45, 2.75) is 84.5 Å². The van der Waals surface area contributed by atoms with Crippen LogP contribution in [0.5, 0.6) is 0 Å². The quantitative estimate of drug-likeness (QED) is 0.501. The standard InChI is InChI=1S/C24H41NO2Si/c1-18(2)15-16-25-23(26)21-17-20(21)22(27-28(6,7)24(3,4)5)14-13-19-11-9-8-10-12-19/h8-12,18,20-22H,13-17H2,1-7H3,(H,25,26). The van der Waals surface area contributed by atoms with E-state index in [-0.39, 0.29) is 23.0 Å². The van der Waals surface area contributed by atoms with E-state index < -0.39 is 8.32 Å². The molecule has 4 heteroatoms. The molecule has 1 aromatic rings. The summed E-state index contributed by atoms with van der Waals surface area (Å²) < 4.78 is 6.83. The van der Waals surface area contributed by atoms with Crippen LogP contribution < -0.4 is 5.32 Å². The van der Waals surface area contributed by atoms with Gasteiger partial charge in [-0.25, -0.2) is 0 Å². The maximum absolute atomic E-state index is 12.6. The molecule has 0 saturated heterocycles. The van der Waals surface area contributed by atoms with Crippen LogP contribution in [0.4, 0.5) is 0 Å². The van der Waals surface area contributed by atoms with Crippen molar-refractivity contribution < 1.29 is 9.22 Å². The van der Waals surface area contributed by atoms with Crippen LogP contribution in [0.1, 0.15) is 59.4 Å². The highest BCUT2D eigenvalue weighted by atomic mass is 28.4. The second kappa shape index (κ2) is 9.58. The van der Waals surface area contributed by atoms with E-state index in [0.29, 0.717) is 11.8 Å². The number of aryl methyl sites for hydroxylation is 1. The maximum atomic E-state index is 12.6. The first-order chi connectivity index (χ1) is 13.0. The van der Waals surface area contributed by atoms with Gasteiger partial charge in [-0.1, -0.05) is 65.0 Å².